The second-order valence-electron chi connectivity index (χ2n) is 5.88. The Morgan fingerprint density at radius 1 is 1.33 bits per heavy atom. The van der Waals surface area contributed by atoms with E-state index in [1.165, 1.54) is 37.7 Å². The second-order valence-corrected chi connectivity index (χ2v) is 5.88. The van der Waals surface area contributed by atoms with Gasteiger partial charge >= 0.3 is 0 Å². The minimum atomic E-state index is 0.418. The molecule has 0 spiro atoms. The van der Waals surface area contributed by atoms with Crippen LogP contribution in [0.25, 0.3) is 0 Å². The van der Waals surface area contributed by atoms with Crippen molar-refractivity contribution in [2.45, 2.75) is 52.0 Å². The Bertz CT molecular complexity index is 328. The lowest BCUT2D eigenvalue weighted by Crippen LogP contribution is -2.23. The van der Waals surface area contributed by atoms with Crippen LogP contribution in [-0.2, 0) is 0 Å². The molecule has 1 unspecified atom stereocenters. The van der Waals surface area contributed by atoms with Gasteiger partial charge in [0.05, 0.1) is 0 Å². The van der Waals surface area contributed by atoms with Gasteiger partial charge in [-0.25, -0.2) is 0 Å². The molecule has 1 aliphatic carbocycles. The van der Waals surface area contributed by atoms with E-state index < -0.39 is 0 Å². The van der Waals surface area contributed by atoms with Crippen molar-refractivity contribution in [3.63, 3.8) is 0 Å². The number of hydrogen-bond acceptors (Lipinski definition) is 2. The summed E-state index contributed by atoms with van der Waals surface area (Å²) in [5.74, 6) is 1.92. The van der Waals surface area contributed by atoms with Crippen molar-refractivity contribution in [2.75, 3.05) is 6.54 Å². The molecule has 0 aliphatic heterocycles. The Balaban J connectivity index is 1.66. The maximum atomic E-state index is 4.17. The highest BCUT2D eigenvalue weighted by Crippen LogP contribution is 2.30. The quantitative estimate of drug-likeness (QED) is 0.851. The molecule has 0 radical (unpaired) electrons. The summed E-state index contributed by atoms with van der Waals surface area (Å²) in [6, 6.07) is 4.57. The highest BCUT2D eigenvalue weighted by molar-refractivity contribution is 5.12. The van der Waals surface area contributed by atoms with Crippen LogP contribution in [-0.4, -0.2) is 11.5 Å². The molecule has 2 heteroatoms. The Morgan fingerprint density at radius 3 is 2.78 bits per heavy atom. The number of rotatable bonds is 5. The molecule has 1 aliphatic rings. The third kappa shape index (κ3) is 4.09. The zero-order valence-electron chi connectivity index (χ0n) is 11.7. The summed E-state index contributed by atoms with van der Waals surface area (Å²) in [6.45, 7) is 5.74. The first-order chi connectivity index (χ1) is 8.75. The number of nitrogens with one attached hydrogen (secondary N) is 1. The second kappa shape index (κ2) is 6.89. The van der Waals surface area contributed by atoms with Crippen LogP contribution < -0.4 is 5.32 Å². The molecule has 100 valence electrons. The van der Waals surface area contributed by atoms with Crippen LogP contribution in [0, 0.1) is 11.8 Å². The average Bonchev–Trinajstić information content (AvgIpc) is 2.42. The first-order valence-corrected chi connectivity index (χ1v) is 7.39. The van der Waals surface area contributed by atoms with Crippen LogP contribution in [0.2, 0.25) is 0 Å². The van der Waals surface area contributed by atoms with Gasteiger partial charge < -0.3 is 5.32 Å². The van der Waals surface area contributed by atoms with Crippen LogP contribution in [0.5, 0.6) is 0 Å². The summed E-state index contributed by atoms with van der Waals surface area (Å²) in [6.07, 6.45) is 10.9. The van der Waals surface area contributed by atoms with Crippen molar-refractivity contribution >= 4 is 0 Å². The standard InChI is InChI=1S/C16H26N2/c1-13-5-7-15(8-6-13)9-11-18-14(2)16-4-3-10-17-12-16/h3-4,10,12-15,18H,5-9,11H2,1-2H3. The number of pyridine rings is 1. The zero-order valence-corrected chi connectivity index (χ0v) is 11.7. The van der Waals surface area contributed by atoms with Crippen LogP contribution in [0.3, 0.4) is 0 Å². The van der Waals surface area contributed by atoms with Crippen molar-refractivity contribution in [3.8, 4) is 0 Å². The van der Waals surface area contributed by atoms with Crippen LogP contribution in [0.15, 0.2) is 24.5 Å². The summed E-state index contributed by atoms with van der Waals surface area (Å²) in [5, 5.41) is 3.62. The fraction of sp³-hybridized carbons (Fsp3) is 0.688. The molecular formula is C16H26N2. The maximum absolute atomic E-state index is 4.17. The first kappa shape index (κ1) is 13.5. The molecule has 1 aromatic heterocycles. The lowest BCUT2D eigenvalue weighted by molar-refractivity contribution is 0.273. The summed E-state index contributed by atoms with van der Waals surface area (Å²) in [5.41, 5.74) is 1.29. The van der Waals surface area contributed by atoms with Gasteiger partial charge in [-0.05, 0) is 43.4 Å². The maximum Gasteiger partial charge on any atom is 0.0315 e. The minimum Gasteiger partial charge on any atom is -0.310 e. The van der Waals surface area contributed by atoms with Crippen molar-refractivity contribution < 1.29 is 0 Å². The van der Waals surface area contributed by atoms with E-state index in [4.69, 9.17) is 0 Å². The van der Waals surface area contributed by atoms with Crippen molar-refractivity contribution in [1.82, 2.24) is 10.3 Å². The molecule has 1 saturated carbocycles. The molecule has 1 heterocycles. The molecule has 2 rings (SSSR count). The van der Waals surface area contributed by atoms with E-state index in [0.717, 1.165) is 18.4 Å². The zero-order chi connectivity index (χ0) is 12.8. The largest absolute Gasteiger partial charge is 0.310 e. The van der Waals surface area contributed by atoms with Gasteiger partial charge in [-0.3, -0.25) is 4.98 Å². The monoisotopic (exact) mass is 246 g/mol. The van der Waals surface area contributed by atoms with E-state index in [0.29, 0.717) is 6.04 Å². The van der Waals surface area contributed by atoms with E-state index in [9.17, 15) is 0 Å². The van der Waals surface area contributed by atoms with Crippen LogP contribution in [0.1, 0.15) is 57.6 Å². The SMILES string of the molecule is CC1CCC(CCNC(C)c2cccnc2)CC1. The molecule has 1 atom stereocenters. The van der Waals surface area contributed by atoms with Crippen molar-refractivity contribution in [3.05, 3.63) is 30.1 Å². The lowest BCUT2D eigenvalue weighted by Gasteiger charge is -2.26. The lowest BCUT2D eigenvalue weighted by atomic mass is 9.81. The molecule has 18 heavy (non-hydrogen) atoms. The van der Waals surface area contributed by atoms with Gasteiger partial charge in [-0.15, -0.1) is 0 Å². The third-order valence-electron chi connectivity index (χ3n) is 4.32. The first-order valence-electron chi connectivity index (χ1n) is 7.39. The average molecular weight is 246 g/mol. The van der Waals surface area contributed by atoms with Gasteiger partial charge in [0.25, 0.3) is 0 Å². The van der Waals surface area contributed by atoms with Gasteiger partial charge in [-0.2, -0.15) is 0 Å². The molecule has 0 saturated heterocycles. The summed E-state index contributed by atoms with van der Waals surface area (Å²) >= 11 is 0. The minimum absolute atomic E-state index is 0.418. The summed E-state index contributed by atoms with van der Waals surface area (Å²) < 4.78 is 0. The van der Waals surface area contributed by atoms with E-state index >= 15 is 0 Å². The van der Waals surface area contributed by atoms with E-state index in [1.807, 2.05) is 18.5 Å². The number of hydrogen-bond donors (Lipinski definition) is 1. The molecule has 0 amide bonds. The summed E-state index contributed by atoms with van der Waals surface area (Å²) in [4.78, 5) is 4.17. The molecule has 2 nitrogen and oxygen atoms in total. The van der Waals surface area contributed by atoms with Gasteiger partial charge in [0.2, 0.25) is 0 Å². The summed E-state index contributed by atoms with van der Waals surface area (Å²) in [7, 11) is 0. The molecule has 0 aromatic carbocycles. The highest BCUT2D eigenvalue weighted by Gasteiger charge is 2.17. The fourth-order valence-corrected chi connectivity index (χ4v) is 2.87. The third-order valence-corrected chi connectivity index (χ3v) is 4.32. The Kier molecular flexibility index (Phi) is 5.18. The van der Waals surface area contributed by atoms with E-state index in [-0.39, 0.29) is 0 Å². The molecule has 1 fully saturated rings. The topological polar surface area (TPSA) is 24.9 Å². The Morgan fingerprint density at radius 2 is 2.11 bits per heavy atom. The van der Waals surface area contributed by atoms with E-state index in [2.05, 4.69) is 30.2 Å². The van der Waals surface area contributed by atoms with Gasteiger partial charge in [0.1, 0.15) is 0 Å². The smallest absolute Gasteiger partial charge is 0.0315 e. The molecular weight excluding hydrogens is 220 g/mol. The molecule has 1 aromatic rings. The van der Waals surface area contributed by atoms with E-state index in [1.54, 1.807) is 0 Å². The van der Waals surface area contributed by atoms with Gasteiger partial charge in [-0.1, -0.05) is 38.7 Å². The van der Waals surface area contributed by atoms with Crippen molar-refractivity contribution in [2.24, 2.45) is 11.8 Å². The van der Waals surface area contributed by atoms with Crippen LogP contribution >= 0.6 is 0 Å². The number of aromatic nitrogens is 1. The Labute approximate surface area is 111 Å². The van der Waals surface area contributed by atoms with Gasteiger partial charge in [0.15, 0.2) is 0 Å². The van der Waals surface area contributed by atoms with Gasteiger partial charge in [0, 0.05) is 18.4 Å². The highest BCUT2D eigenvalue weighted by atomic mass is 14.9. The number of nitrogens with zero attached hydrogens (tertiary/aromatic N) is 1. The van der Waals surface area contributed by atoms with Crippen molar-refractivity contribution in [1.29, 1.82) is 0 Å². The normalized spacial score (nSPS) is 25.9. The Hall–Kier alpha value is -0.890. The fourth-order valence-electron chi connectivity index (χ4n) is 2.87. The molecule has 0 bridgehead atoms. The predicted octanol–water partition coefficient (Wildman–Crippen LogP) is 3.95. The predicted molar refractivity (Wildman–Crippen MR) is 76.4 cm³/mol. The van der Waals surface area contributed by atoms with Crippen LogP contribution in [0.4, 0.5) is 0 Å². The molecule has 1 N–H and O–H groups in total.